The average Bonchev–Trinajstić information content (AvgIpc) is 3.23. The molecule has 0 spiro atoms. The first-order chi connectivity index (χ1) is 21.9. The summed E-state index contributed by atoms with van der Waals surface area (Å²) in [5, 5.41) is 0. The molecule has 10 nitrogen and oxygen atoms in total. The molecule has 0 radical (unpaired) electrons. The van der Waals surface area contributed by atoms with Gasteiger partial charge in [0.25, 0.3) is 0 Å². The number of amides is 3. The molecule has 1 aromatic carbocycles. The van der Waals surface area contributed by atoms with E-state index in [1.54, 1.807) is 16.0 Å². The number of carbonyl (C=O) groups is 3. The predicted molar refractivity (Wildman–Crippen MR) is 175 cm³/mol. The third kappa shape index (κ3) is 7.75. The molecule has 0 aliphatic carbocycles. The molecule has 3 aliphatic heterocycles. The minimum Gasteiger partial charge on any atom is -0.444 e. The zero-order valence-electron chi connectivity index (χ0n) is 28.8. The van der Waals surface area contributed by atoms with E-state index in [1.165, 1.54) is 12.1 Å². The van der Waals surface area contributed by atoms with E-state index in [2.05, 4.69) is 11.8 Å². The van der Waals surface area contributed by atoms with Crippen LogP contribution in [0.2, 0.25) is 0 Å². The number of pyridine rings is 1. The molecule has 2 fully saturated rings. The van der Waals surface area contributed by atoms with Gasteiger partial charge in [0.05, 0.1) is 24.5 Å². The molecule has 4 heterocycles. The number of nitrogens with zero attached hydrogens (tertiary/aromatic N) is 6. The van der Waals surface area contributed by atoms with Crippen molar-refractivity contribution in [2.45, 2.75) is 84.0 Å². The van der Waals surface area contributed by atoms with Gasteiger partial charge in [0.2, 0.25) is 11.8 Å². The Morgan fingerprint density at radius 1 is 1.06 bits per heavy atom. The lowest BCUT2D eigenvalue weighted by Gasteiger charge is -2.47. The van der Waals surface area contributed by atoms with E-state index in [4.69, 9.17) is 9.72 Å². The van der Waals surface area contributed by atoms with Gasteiger partial charge < -0.3 is 19.4 Å². The Hall–Kier alpha value is -3.64. The number of halogens is 2. The molecule has 1 aromatic heterocycles. The summed E-state index contributed by atoms with van der Waals surface area (Å²) in [5.74, 6) is -1.36. The fraction of sp³-hybridized carbons (Fsp3) is 0.600. The number of anilines is 1. The molecule has 0 N–H and O–H groups in total. The Bertz CT molecular complexity index is 1530. The minimum atomic E-state index is -0.659. The highest BCUT2D eigenvalue weighted by atomic mass is 19.1. The topological polar surface area (TPSA) is 89.5 Å². The molecule has 2 saturated heterocycles. The minimum absolute atomic E-state index is 0.0192. The highest BCUT2D eigenvalue weighted by Crippen LogP contribution is 2.40. The van der Waals surface area contributed by atoms with Crippen LogP contribution in [-0.2, 0) is 26.2 Å². The van der Waals surface area contributed by atoms with E-state index in [0.717, 1.165) is 11.8 Å². The second kappa shape index (κ2) is 13.1. The molecular formula is C35H48F2N6O4. The molecule has 0 bridgehead atoms. The molecule has 2 aromatic rings. The Kier molecular flexibility index (Phi) is 9.67. The number of likely N-dealkylation sites (N-methyl/N-ethyl adjacent to an activating group) is 1. The van der Waals surface area contributed by atoms with Crippen LogP contribution in [-0.4, -0.2) is 119 Å². The number of ether oxygens (including phenoxy) is 1. The van der Waals surface area contributed by atoms with Gasteiger partial charge in [0.15, 0.2) is 0 Å². The van der Waals surface area contributed by atoms with Crippen molar-refractivity contribution in [3.8, 4) is 0 Å². The van der Waals surface area contributed by atoms with Crippen LogP contribution in [0.25, 0.3) is 0 Å². The van der Waals surface area contributed by atoms with Gasteiger partial charge in [-0.3, -0.25) is 24.4 Å². The molecule has 3 amide bonds. The molecule has 3 atom stereocenters. The van der Waals surface area contributed by atoms with Crippen molar-refractivity contribution in [3.05, 3.63) is 58.9 Å². The summed E-state index contributed by atoms with van der Waals surface area (Å²) >= 11 is 0. The average molecular weight is 655 g/mol. The summed E-state index contributed by atoms with van der Waals surface area (Å²) in [6.07, 6.45) is 1.49. The van der Waals surface area contributed by atoms with Gasteiger partial charge in [-0.05, 0) is 64.9 Å². The second-order valence-electron chi connectivity index (χ2n) is 15.1. The Labute approximate surface area is 276 Å². The highest BCUT2D eigenvalue weighted by Gasteiger charge is 2.43. The van der Waals surface area contributed by atoms with Gasteiger partial charge in [0, 0.05) is 74.9 Å². The first-order valence-electron chi connectivity index (χ1n) is 16.4. The van der Waals surface area contributed by atoms with Crippen molar-refractivity contribution < 1.29 is 27.9 Å². The number of carbonyl (C=O) groups excluding carboxylic acids is 3. The van der Waals surface area contributed by atoms with Crippen LogP contribution in [0.3, 0.4) is 0 Å². The number of rotatable bonds is 6. The summed E-state index contributed by atoms with van der Waals surface area (Å²) in [6, 6.07) is 5.07. The van der Waals surface area contributed by atoms with Gasteiger partial charge in [-0.1, -0.05) is 19.9 Å². The molecule has 12 heteroatoms. The van der Waals surface area contributed by atoms with Gasteiger partial charge in [0.1, 0.15) is 17.2 Å². The molecule has 0 unspecified atom stereocenters. The second-order valence-corrected chi connectivity index (χ2v) is 15.1. The van der Waals surface area contributed by atoms with Crippen LogP contribution in [0.4, 0.5) is 19.3 Å². The van der Waals surface area contributed by atoms with Crippen LogP contribution >= 0.6 is 0 Å². The van der Waals surface area contributed by atoms with E-state index < -0.39 is 28.7 Å². The maximum atomic E-state index is 14.5. The number of benzene rings is 1. The van der Waals surface area contributed by atoms with Gasteiger partial charge in [-0.15, -0.1) is 0 Å². The highest BCUT2D eigenvalue weighted by molar-refractivity contribution is 5.97. The molecule has 0 saturated carbocycles. The molecule has 3 aliphatic rings. The monoisotopic (exact) mass is 654 g/mol. The largest absolute Gasteiger partial charge is 0.444 e. The van der Waals surface area contributed by atoms with Crippen molar-refractivity contribution >= 4 is 23.6 Å². The van der Waals surface area contributed by atoms with E-state index in [0.29, 0.717) is 56.1 Å². The van der Waals surface area contributed by atoms with E-state index in [-0.39, 0.29) is 42.9 Å². The molecule has 256 valence electrons. The third-order valence-corrected chi connectivity index (χ3v) is 9.45. The predicted octanol–water partition coefficient (Wildman–Crippen LogP) is 4.05. The van der Waals surface area contributed by atoms with Crippen LogP contribution in [0.1, 0.15) is 65.3 Å². The van der Waals surface area contributed by atoms with E-state index in [9.17, 15) is 23.2 Å². The summed E-state index contributed by atoms with van der Waals surface area (Å²) in [4.78, 5) is 54.6. The first-order valence-corrected chi connectivity index (χ1v) is 16.4. The fourth-order valence-corrected chi connectivity index (χ4v) is 6.75. The third-order valence-electron chi connectivity index (χ3n) is 9.45. The van der Waals surface area contributed by atoms with E-state index >= 15 is 0 Å². The van der Waals surface area contributed by atoms with Gasteiger partial charge in [-0.2, -0.15) is 0 Å². The molecular weight excluding hydrogens is 606 g/mol. The lowest BCUT2D eigenvalue weighted by molar-refractivity contribution is -0.139. The maximum absolute atomic E-state index is 14.5. The summed E-state index contributed by atoms with van der Waals surface area (Å²) in [6.45, 7) is 16.1. The number of aromatic nitrogens is 1. The number of piperazine rings is 2. The smallest absolute Gasteiger partial charge is 0.410 e. The zero-order chi connectivity index (χ0) is 34.4. The van der Waals surface area contributed by atoms with Crippen molar-refractivity contribution in [2.75, 3.05) is 57.8 Å². The maximum Gasteiger partial charge on any atom is 0.410 e. The molecule has 5 rings (SSSR count). The van der Waals surface area contributed by atoms with E-state index in [1.807, 2.05) is 64.5 Å². The first kappa shape index (κ1) is 34.7. The van der Waals surface area contributed by atoms with Crippen LogP contribution in [0, 0.1) is 11.6 Å². The number of fused-ring (bicyclic) bond motifs is 1. The Morgan fingerprint density at radius 3 is 2.47 bits per heavy atom. The van der Waals surface area contributed by atoms with Crippen molar-refractivity contribution in [3.63, 3.8) is 0 Å². The number of hydrogen-bond donors (Lipinski definition) is 0. The van der Waals surface area contributed by atoms with Crippen LogP contribution in [0.15, 0.2) is 30.5 Å². The SMILES string of the molecule is C[C@@H]1CN(CC(=O)N2CC(C)(C)c3ncc(Cc4ccc(F)cc4F)cc32)[C@@H](CN2C[C@H](C)N(C)CC2=O)CN1C(=O)OC(C)(C)C. The lowest BCUT2D eigenvalue weighted by atomic mass is 9.91. The Morgan fingerprint density at radius 2 is 1.79 bits per heavy atom. The van der Waals surface area contributed by atoms with Crippen molar-refractivity contribution in [2.24, 2.45) is 0 Å². The van der Waals surface area contributed by atoms with Crippen LogP contribution in [0.5, 0.6) is 0 Å². The van der Waals surface area contributed by atoms with Gasteiger partial charge >= 0.3 is 6.09 Å². The summed E-state index contributed by atoms with van der Waals surface area (Å²) in [5.41, 5.74) is 1.45. The lowest BCUT2D eigenvalue weighted by Crippen LogP contribution is -2.65. The van der Waals surface area contributed by atoms with Crippen molar-refractivity contribution in [1.82, 2.24) is 24.6 Å². The summed E-state index contributed by atoms with van der Waals surface area (Å²) in [7, 11) is 1.93. The van der Waals surface area contributed by atoms with Crippen molar-refractivity contribution in [1.29, 1.82) is 0 Å². The summed E-state index contributed by atoms with van der Waals surface area (Å²) < 4.78 is 33.7. The normalized spacial score (nSPS) is 23.7. The van der Waals surface area contributed by atoms with Crippen LogP contribution < -0.4 is 4.90 Å². The Balaban J connectivity index is 1.38. The fourth-order valence-electron chi connectivity index (χ4n) is 6.75. The zero-order valence-corrected chi connectivity index (χ0v) is 28.8. The van der Waals surface area contributed by atoms with Gasteiger partial charge in [-0.25, -0.2) is 13.6 Å². The quantitative estimate of drug-likeness (QED) is 0.465. The standard InChI is InChI=1S/C35H48F2N6O4/c1-22-15-41(30(44)19-39(22)8)17-27-18-42(33(46)47-34(3,4)5)23(2)16-40(27)20-31(45)43-21-35(6,7)32-29(43)12-24(14-38-32)11-25-9-10-26(36)13-28(25)37/h9-10,12-14,22-23,27H,11,15-21H2,1-8H3/t22-,23+,27-/m0/s1. The molecule has 47 heavy (non-hydrogen) atoms. The number of hydrogen-bond acceptors (Lipinski definition) is 7.